The number of benzene rings is 8. The van der Waals surface area contributed by atoms with Crippen LogP contribution in [0.1, 0.15) is 0 Å². The summed E-state index contributed by atoms with van der Waals surface area (Å²) >= 11 is 0. The minimum absolute atomic E-state index is 0.843. The van der Waals surface area contributed by atoms with Crippen LogP contribution in [0.5, 0.6) is 0 Å². The monoisotopic (exact) mass is 653 g/mol. The second-order valence-corrected chi connectivity index (χ2v) is 12.9. The third-order valence-electron chi connectivity index (χ3n) is 9.84. The van der Waals surface area contributed by atoms with Gasteiger partial charge >= 0.3 is 0 Å². The molecular formula is C48H31NO2. The fourth-order valence-electron chi connectivity index (χ4n) is 7.46. The normalized spacial score (nSPS) is 11.5. The van der Waals surface area contributed by atoms with Crippen LogP contribution >= 0.6 is 0 Å². The summed E-state index contributed by atoms with van der Waals surface area (Å²) < 4.78 is 13.2. The quantitative estimate of drug-likeness (QED) is 0.179. The lowest BCUT2D eigenvalue weighted by Gasteiger charge is -2.28. The van der Waals surface area contributed by atoms with E-state index < -0.39 is 0 Å². The molecule has 10 aromatic rings. The molecule has 0 N–H and O–H groups in total. The lowest BCUT2D eigenvalue weighted by Crippen LogP contribution is -2.11. The van der Waals surface area contributed by atoms with Crippen LogP contribution in [0.15, 0.2) is 197 Å². The number of para-hydroxylation sites is 2. The van der Waals surface area contributed by atoms with Crippen molar-refractivity contribution in [2.24, 2.45) is 0 Å². The van der Waals surface area contributed by atoms with Gasteiger partial charge in [-0.25, -0.2) is 0 Å². The largest absolute Gasteiger partial charge is 0.456 e. The molecule has 0 spiro atoms. The van der Waals surface area contributed by atoms with Crippen LogP contribution in [0.25, 0.3) is 77.3 Å². The molecule has 0 amide bonds. The van der Waals surface area contributed by atoms with Gasteiger partial charge in [-0.1, -0.05) is 127 Å². The predicted octanol–water partition coefficient (Wildman–Crippen LogP) is 14.0. The Bertz CT molecular complexity index is 2790. The van der Waals surface area contributed by atoms with E-state index in [0.717, 1.165) is 94.3 Å². The van der Waals surface area contributed by atoms with Crippen molar-refractivity contribution >= 4 is 60.9 Å². The summed E-state index contributed by atoms with van der Waals surface area (Å²) in [5, 5.41) is 4.33. The summed E-state index contributed by atoms with van der Waals surface area (Å²) in [6.07, 6.45) is 0. The van der Waals surface area contributed by atoms with Crippen LogP contribution in [0, 0.1) is 0 Å². The first-order valence-corrected chi connectivity index (χ1v) is 17.3. The van der Waals surface area contributed by atoms with Gasteiger partial charge in [0.25, 0.3) is 0 Å². The van der Waals surface area contributed by atoms with Gasteiger partial charge in [-0.15, -0.1) is 0 Å². The van der Waals surface area contributed by atoms with E-state index in [9.17, 15) is 0 Å². The topological polar surface area (TPSA) is 29.5 Å². The fourth-order valence-corrected chi connectivity index (χ4v) is 7.46. The third kappa shape index (κ3) is 4.98. The average molecular weight is 654 g/mol. The zero-order valence-corrected chi connectivity index (χ0v) is 27.7. The van der Waals surface area contributed by atoms with Gasteiger partial charge < -0.3 is 13.7 Å². The molecule has 0 aliphatic carbocycles. The molecular weight excluding hydrogens is 623 g/mol. The Labute approximate surface area is 295 Å². The first-order chi connectivity index (χ1) is 25.3. The highest BCUT2D eigenvalue weighted by molar-refractivity contribution is 6.17. The first-order valence-electron chi connectivity index (χ1n) is 17.3. The number of hydrogen-bond donors (Lipinski definition) is 0. The summed E-state index contributed by atoms with van der Waals surface area (Å²) in [5.74, 6) is 0. The summed E-state index contributed by atoms with van der Waals surface area (Å²) in [5.41, 5.74) is 13.2. The van der Waals surface area contributed by atoms with Gasteiger partial charge in [-0.05, 0) is 82.4 Å². The molecule has 2 aromatic heterocycles. The standard InChI is InChI=1S/C48H31NO2/c1-4-14-32(15-5-1)35-28-36(33-16-6-2-7-17-33)30-38(29-35)49(37-24-25-41-40-20-10-12-22-44(40)50-46(41)31-37)43-27-26-39(34-18-8-3-9-19-34)48-47(43)42-21-11-13-23-45(42)51-48/h1-31H. The Hall–Kier alpha value is -6.84. The molecule has 0 saturated heterocycles. The van der Waals surface area contributed by atoms with Crippen molar-refractivity contribution in [2.45, 2.75) is 0 Å². The number of hydrogen-bond acceptors (Lipinski definition) is 3. The highest BCUT2D eigenvalue weighted by Crippen LogP contribution is 2.48. The van der Waals surface area contributed by atoms with E-state index in [2.05, 4.69) is 169 Å². The molecule has 0 aliphatic rings. The molecule has 10 rings (SSSR count). The SMILES string of the molecule is c1ccc(-c2cc(-c3ccccc3)cc(N(c3ccc4c(c3)oc3ccccc34)c3ccc(-c4ccccc4)c4oc5ccccc5c34)c2)cc1. The van der Waals surface area contributed by atoms with Gasteiger partial charge in [-0.2, -0.15) is 0 Å². The Balaban J connectivity index is 1.30. The van der Waals surface area contributed by atoms with Crippen LogP contribution in [0.4, 0.5) is 17.1 Å². The summed E-state index contributed by atoms with van der Waals surface area (Å²) in [4.78, 5) is 2.37. The number of rotatable bonds is 6. The lowest BCUT2D eigenvalue weighted by molar-refractivity contribution is 0.669. The minimum Gasteiger partial charge on any atom is -0.456 e. The van der Waals surface area contributed by atoms with E-state index in [1.165, 1.54) is 0 Å². The van der Waals surface area contributed by atoms with Crippen molar-refractivity contribution in [3.63, 3.8) is 0 Å². The highest BCUT2D eigenvalue weighted by atomic mass is 16.3. The fraction of sp³-hybridized carbons (Fsp3) is 0. The van der Waals surface area contributed by atoms with E-state index in [1.807, 2.05) is 24.3 Å². The summed E-state index contributed by atoms with van der Waals surface area (Å²) in [6.45, 7) is 0. The van der Waals surface area contributed by atoms with Crippen molar-refractivity contribution < 1.29 is 8.83 Å². The van der Waals surface area contributed by atoms with E-state index in [0.29, 0.717) is 0 Å². The zero-order chi connectivity index (χ0) is 33.7. The highest BCUT2D eigenvalue weighted by Gasteiger charge is 2.24. The van der Waals surface area contributed by atoms with E-state index in [1.54, 1.807) is 0 Å². The Kier molecular flexibility index (Phi) is 6.81. The number of furan rings is 2. The maximum atomic E-state index is 6.75. The maximum absolute atomic E-state index is 6.75. The number of nitrogens with zero attached hydrogens (tertiary/aromatic N) is 1. The van der Waals surface area contributed by atoms with Crippen LogP contribution in [-0.2, 0) is 0 Å². The molecule has 0 unspecified atom stereocenters. The molecule has 0 fully saturated rings. The van der Waals surface area contributed by atoms with E-state index in [-0.39, 0.29) is 0 Å². The van der Waals surface area contributed by atoms with Crippen LogP contribution in [0.2, 0.25) is 0 Å². The second kappa shape index (κ2) is 11.9. The van der Waals surface area contributed by atoms with Crippen molar-refractivity contribution in [3.05, 3.63) is 188 Å². The van der Waals surface area contributed by atoms with E-state index in [4.69, 9.17) is 8.83 Å². The van der Waals surface area contributed by atoms with Crippen LogP contribution in [0.3, 0.4) is 0 Å². The van der Waals surface area contributed by atoms with Crippen LogP contribution in [-0.4, -0.2) is 0 Å². The maximum Gasteiger partial charge on any atom is 0.145 e. The molecule has 2 heterocycles. The van der Waals surface area contributed by atoms with Gasteiger partial charge in [0, 0.05) is 39.2 Å². The molecule has 240 valence electrons. The van der Waals surface area contributed by atoms with Gasteiger partial charge in [0.15, 0.2) is 0 Å². The minimum atomic E-state index is 0.843. The predicted molar refractivity (Wildman–Crippen MR) is 212 cm³/mol. The van der Waals surface area contributed by atoms with Crippen molar-refractivity contribution in [2.75, 3.05) is 4.90 Å². The van der Waals surface area contributed by atoms with Crippen molar-refractivity contribution in [3.8, 4) is 33.4 Å². The Morgan fingerprint density at radius 1 is 0.333 bits per heavy atom. The molecule has 3 heteroatoms. The Morgan fingerprint density at radius 3 is 1.55 bits per heavy atom. The summed E-state index contributed by atoms with van der Waals surface area (Å²) in [7, 11) is 0. The van der Waals surface area contributed by atoms with Crippen LogP contribution < -0.4 is 4.90 Å². The van der Waals surface area contributed by atoms with Gasteiger partial charge in [0.2, 0.25) is 0 Å². The third-order valence-corrected chi connectivity index (χ3v) is 9.84. The molecule has 8 aromatic carbocycles. The molecule has 0 aliphatic heterocycles. The van der Waals surface area contributed by atoms with Gasteiger partial charge in [0.1, 0.15) is 22.3 Å². The van der Waals surface area contributed by atoms with Gasteiger partial charge in [-0.3, -0.25) is 0 Å². The number of fused-ring (bicyclic) bond motifs is 6. The first kappa shape index (κ1) is 29.1. The Morgan fingerprint density at radius 2 is 0.882 bits per heavy atom. The zero-order valence-electron chi connectivity index (χ0n) is 27.7. The molecule has 0 radical (unpaired) electrons. The number of anilines is 3. The average Bonchev–Trinajstić information content (AvgIpc) is 3.78. The second-order valence-electron chi connectivity index (χ2n) is 12.9. The molecule has 0 saturated carbocycles. The van der Waals surface area contributed by atoms with Crippen molar-refractivity contribution in [1.82, 2.24) is 0 Å². The smallest absolute Gasteiger partial charge is 0.145 e. The van der Waals surface area contributed by atoms with Gasteiger partial charge in [0.05, 0.1) is 11.1 Å². The lowest BCUT2D eigenvalue weighted by atomic mass is 9.96. The van der Waals surface area contributed by atoms with E-state index >= 15 is 0 Å². The molecule has 3 nitrogen and oxygen atoms in total. The molecule has 0 bridgehead atoms. The van der Waals surface area contributed by atoms with Crippen molar-refractivity contribution in [1.29, 1.82) is 0 Å². The summed E-state index contributed by atoms with van der Waals surface area (Å²) in [6, 6.07) is 66.2. The molecule has 0 atom stereocenters. The molecule has 51 heavy (non-hydrogen) atoms.